The second-order valence-electron chi connectivity index (χ2n) is 7.27. The van der Waals surface area contributed by atoms with E-state index in [-0.39, 0.29) is 23.6 Å². The van der Waals surface area contributed by atoms with Crippen LogP contribution in [0.15, 0.2) is 41.8 Å². The molecule has 7 heteroatoms. The number of carbonyl (C=O) groups is 3. The number of benzene rings is 1. The minimum atomic E-state index is -0.604. The molecule has 1 aromatic carbocycles. The van der Waals surface area contributed by atoms with Crippen LogP contribution in [0.5, 0.6) is 0 Å². The monoisotopic (exact) mass is 400 g/mol. The minimum Gasteiger partial charge on any atom is -0.291 e. The van der Waals surface area contributed by atoms with Gasteiger partial charge < -0.3 is 0 Å². The van der Waals surface area contributed by atoms with Crippen LogP contribution in [0.1, 0.15) is 22.5 Å². The summed E-state index contributed by atoms with van der Waals surface area (Å²) in [7, 11) is 0. The molecule has 27 heavy (non-hydrogen) atoms. The first kappa shape index (κ1) is 17.1. The van der Waals surface area contributed by atoms with Crippen molar-refractivity contribution in [2.24, 2.45) is 11.8 Å². The van der Waals surface area contributed by atoms with Gasteiger partial charge >= 0.3 is 0 Å². The van der Waals surface area contributed by atoms with Gasteiger partial charge in [0.25, 0.3) is 0 Å². The van der Waals surface area contributed by atoms with Gasteiger partial charge in [0.2, 0.25) is 11.8 Å². The zero-order chi connectivity index (χ0) is 18.7. The number of anilines is 1. The van der Waals surface area contributed by atoms with Gasteiger partial charge in [0.05, 0.1) is 28.4 Å². The van der Waals surface area contributed by atoms with Crippen molar-refractivity contribution in [3.05, 3.63) is 51.7 Å². The van der Waals surface area contributed by atoms with Crippen molar-refractivity contribution >= 4 is 46.2 Å². The fraction of sp³-hybridized carbons (Fsp3) is 0.350. The molecule has 3 fully saturated rings. The van der Waals surface area contributed by atoms with Crippen LogP contribution in [0, 0.1) is 11.8 Å². The second kappa shape index (κ2) is 6.26. The van der Waals surface area contributed by atoms with Crippen LogP contribution in [-0.2, 0) is 9.59 Å². The first-order valence-electron chi connectivity index (χ1n) is 9.05. The molecule has 2 aromatic rings. The van der Waals surface area contributed by atoms with Crippen LogP contribution in [0.25, 0.3) is 0 Å². The Morgan fingerprint density at radius 1 is 1.07 bits per heavy atom. The first-order valence-corrected chi connectivity index (χ1v) is 10.3. The fourth-order valence-corrected chi connectivity index (χ4v) is 5.75. The average molecular weight is 401 g/mol. The van der Waals surface area contributed by atoms with Crippen molar-refractivity contribution in [3.63, 3.8) is 0 Å². The number of amides is 2. The topological polar surface area (TPSA) is 57.7 Å². The quantitative estimate of drug-likeness (QED) is 0.586. The second-order valence-corrected chi connectivity index (χ2v) is 8.66. The molecule has 5 rings (SSSR count). The molecule has 0 N–H and O–H groups in total. The van der Waals surface area contributed by atoms with Gasteiger partial charge in [-0.1, -0.05) is 17.7 Å². The normalized spacial score (nSPS) is 30.0. The van der Waals surface area contributed by atoms with Crippen LogP contribution in [-0.4, -0.2) is 41.1 Å². The summed E-state index contributed by atoms with van der Waals surface area (Å²) < 4.78 is 0. The molecule has 5 nitrogen and oxygen atoms in total. The van der Waals surface area contributed by atoms with Crippen molar-refractivity contribution in [1.82, 2.24) is 4.90 Å². The number of hydrogen-bond acceptors (Lipinski definition) is 5. The molecule has 0 spiro atoms. The van der Waals surface area contributed by atoms with E-state index in [4.69, 9.17) is 11.6 Å². The lowest BCUT2D eigenvalue weighted by molar-refractivity contribution is -0.123. The number of ketones is 1. The van der Waals surface area contributed by atoms with E-state index in [9.17, 15) is 14.4 Å². The lowest BCUT2D eigenvalue weighted by atomic mass is 9.86. The van der Waals surface area contributed by atoms with E-state index in [2.05, 4.69) is 4.90 Å². The van der Waals surface area contributed by atoms with Gasteiger partial charge in [0.15, 0.2) is 5.78 Å². The number of fused-ring (bicyclic) bond motifs is 3. The molecule has 0 bridgehead atoms. The predicted octanol–water partition coefficient (Wildman–Crippen LogP) is 3.24. The predicted molar refractivity (Wildman–Crippen MR) is 103 cm³/mol. The maximum atomic E-state index is 13.3. The Balaban J connectivity index is 1.56. The van der Waals surface area contributed by atoms with Gasteiger partial charge in [-0.2, -0.15) is 0 Å². The minimum absolute atomic E-state index is 0.0299. The third-order valence-corrected chi connectivity index (χ3v) is 7.11. The molecule has 3 saturated heterocycles. The molecule has 1 aromatic heterocycles. The molecule has 0 saturated carbocycles. The Labute approximate surface area is 165 Å². The van der Waals surface area contributed by atoms with Gasteiger partial charge in [-0.05, 0) is 55.1 Å². The zero-order valence-electron chi connectivity index (χ0n) is 14.4. The molecule has 4 atom stereocenters. The van der Waals surface area contributed by atoms with E-state index in [1.807, 2.05) is 11.4 Å². The number of carbonyl (C=O) groups excluding carboxylic acids is 3. The molecular formula is C20H17ClN2O3S. The number of imide groups is 1. The molecule has 0 aliphatic carbocycles. The molecule has 0 radical (unpaired) electrons. The maximum absolute atomic E-state index is 13.3. The Bertz CT molecular complexity index is 927. The van der Waals surface area contributed by atoms with Gasteiger partial charge in [0, 0.05) is 11.1 Å². The van der Waals surface area contributed by atoms with Crippen molar-refractivity contribution in [1.29, 1.82) is 0 Å². The van der Waals surface area contributed by atoms with Crippen LogP contribution < -0.4 is 4.90 Å². The zero-order valence-corrected chi connectivity index (χ0v) is 15.9. The highest BCUT2D eigenvalue weighted by atomic mass is 35.5. The third-order valence-electron chi connectivity index (χ3n) is 5.97. The molecular weight excluding hydrogens is 384 g/mol. The van der Waals surface area contributed by atoms with Crippen molar-refractivity contribution in [3.8, 4) is 0 Å². The number of Topliss-reactive ketones (excluding diaryl/α,β-unsaturated/α-hetero) is 1. The van der Waals surface area contributed by atoms with Crippen molar-refractivity contribution in [2.45, 2.75) is 24.9 Å². The Kier molecular flexibility index (Phi) is 3.96. The third kappa shape index (κ3) is 2.43. The van der Waals surface area contributed by atoms with E-state index in [0.717, 1.165) is 19.4 Å². The van der Waals surface area contributed by atoms with Gasteiger partial charge in [-0.3, -0.25) is 19.3 Å². The van der Waals surface area contributed by atoms with Crippen molar-refractivity contribution in [2.75, 3.05) is 11.4 Å². The molecule has 2 amide bonds. The Morgan fingerprint density at radius 2 is 1.81 bits per heavy atom. The molecule has 4 heterocycles. The summed E-state index contributed by atoms with van der Waals surface area (Å²) in [6.45, 7) is 0.765. The van der Waals surface area contributed by atoms with Crippen LogP contribution in [0.3, 0.4) is 0 Å². The lowest BCUT2D eigenvalue weighted by Crippen LogP contribution is -2.45. The number of thiophene rings is 1. The summed E-state index contributed by atoms with van der Waals surface area (Å²) in [5, 5.41) is 2.41. The van der Waals surface area contributed by atoms with E-state index >= 15 is 0 Å². The fourth-order valence-electron chi connectivity index (χ4n) is 4.92. The summed E-state index contributed by atoms with van der Waals surface area (Å²) in [6.07, 6.45) is 1.80. The summed E-state index contributed by atoms with van der Waals surface area (Å²) in [6, 6.07) is 9.76. The highest BCUT2D eigenvalue weighted by Crippen LogP contribution is 2.48. The maximum Gasteiger partial charge on any atom is 0.239 e. The summed E-state index contributed by atoms with van der Waals surface area (Å²) in [5.41, 5.74) is 0.524. The van der Waals surface area contributed by atoms with Gasteiger partial charge in [-0.25, -0.2) is 4.90 Å². The molecule has 3 aliphatic rings. The average Bonchev–Trinajstić information content (AvgIpc) is 3.41. The standard InChI is InChI=1S/C20H17ClN2O3S/c21-11-5-7-12(8-6-11)23-19(25)15-13-3-1-9-22(13)17(16(15)20(23)26)18(24)14-4-2-10-27-14/h2,4-8,10,13,15-17H,1,3,9H2/t13-,15-,16-,17+/m1/s1. The van der Waals surface area contributed by atoms with E-state index in [1.165, 1.54) is 16.2 Å². The van der Waals surface area contributed by atoms with Crippen LogP contribution in [0.2, 0.25) is 5.02 Å². The summed E-state index contributed by atoms with van der Waals surface area (Å²) in [5.74, 6) is -1.54. The van der Waals surface area contributed by atoms with Gasteiger partial charge in [-0.15, -0.1) is 11.3 Å². The SMILES string of the molecule is O=C(c1cccs1)[C@@H]1[C@@H]2C(=O)N(c3ccc(Cl)cc3)C(=O)[C@@H]2[C@H]2CCCN21. The number of rotatable bonds is 3. The smallest absolute Gasteiger partial charge is 0.239 e. The summed E-state index contributed by atoms with van der Waals surface area (Å²) in [4.78, 5) is 43.7. The Morgan fingerprint density at radius 3 is 2.52 bits per heavy atom. The van der Waals surface area contributed by atoms with Crippen LogP contribution >= 0.6 is 22.9 Å². The van der Waals surface area contributed by atoms with Crippen molar-refractivity contribution < 1.29 is 14.4 Å². The number of nitrogens with zero attached hydrogens (tertiary/aromatic N) is 2. The van der Waals surface area contributed by atoms with E-state index < -0.39 is 17.9 Å². The number of halogens is 1. The van der Waals surface area contributed by atoms with Crippen LogP contribution in [0.4, 0.5) is 5.69 Å². The highest BCUT2D eigenvalue weighted by Gasteiger charge is 2.64. The van der Waals surface area contributed by atoms with E-state index in [0.29, 0.717) is 15.6 Å². The highest BCUT2D eigenvalue weighted by molar-refractivity contribution is 7.12. The lowest BCUT2D eigenvalue weighted by Gasteiger charge is -2.27. The Hall–Kier alpha value is -2.02. The summed E-state index contributed by atoms with van der Waals surface area (Å²) >= 11 is 7.33. The first-order chi connectivity index (χ1) is 13.1. The van der Waals surface area contributed by atoms with E-state index in [1.54, 1.807) is 30.3 Å². The largest absolute Gasteiger partial charge is 0.291 e. The molecule has 3 aliphatic heterocycles. The number of hydrogen-bond donors (Lipinski definition) is 0. The molecule has 138 valence electrons. The van der Waals surface area contributed by atoms with Gasteiger partial charge in [0.1, 0.15) is 0 Å². The molecule has 0 unspecified atom stereocenters.